The standard InChI is InChI=1S/C12H10ClN5O2/c1-18-12(15-16-17-18)7-5-14-9-4-8(13)10(20-2)3-6(9)11(7)19/h3-5H,1-2H3,(H,14,19). The number of tetrazole rings is 1. The summed E-state index contributed by atoms with van der Waals surface area (Å²) >= 11 is 6.04. The number of aromatic nitrogens is 5. The summed E-state index contributed by atoms with van der Waals surface area (Å²) in [6.45, 7) is 0. The van der Waals surface area contributed by atoms with E-state index in [1.165, 1.54) is 18.0 Å². The second kappa shape index (κ2) is 4.61. The number of aryl methyl sites for hydroxylation is 1. The molecular weight excluding hydrogens is 282 g/mol. The van der Waals surface area contributed by atoms with Crippen LogP contribution in [0.1, 0.15) is 0 Å². The number of rotatable bonds is 2. The highest BCUT2D eigenvalue weighted by molar-refractivity contribution is 6.32. The van der Waals surface area contributed by atoms with E-state index >= 15 is 0 Å². The summed E-state index contributed by atoms with van der Waals surface area (Å²) in [4.78, 5) is 4.27. The average Bonchev–Trinajstić information content (AvgIpc) is 2.85. The minimum Gasteiger partial charge on any atom is -0.506 e. The molecule has 20 heavy (non-hydrogen) atoms. The molecule has 0 aliphatic heterocycles. The van der Waals surface area contributed by atoms with Crippen LogP contribution in [-0.4, -0.2) is 37.4 Å². The largest absolute Gasteiger partial charge is 0.506 e. The Morgan fingerprint density at radius 1 is 1.35 bits per heavy atom. The highest BCUT2D eigenvalue weighted by Gasteiger charge is 2.16. The van der Waals surface area contributed by atoms with E-state index < -0.39 is 0 Å². The molecule has 0 amide bonds. The first-order valence-corrected chi connectivity index (χ1v) is 6.07. The van der Waals surface area contributed by atoms with Crippen molar-refractivity contribution in [2.24, 2.45) is 7.05 Å². The zero-order valence-corrected chi connectivity index (χ0v) is 11.5. The van der Waals surface area contributed by atoms with Crippen LogP contribution in [0.15, 0.2) is 18.3 Å². The summed E-state index contributed by atoms with van der Waals surface area (Å²) in [6.07, 6.45) is 1.51. The van der Waals surface area contributed by atoms with Gasteiger partial charge < -0.3 is 9.84 Å². The fourth-order valence-corrected chi connectivity index (χ4v) is 2.19. The summed E-state index contributed by atoms with van der Waals surface area (Å²) in [7, 11) is 3.19. The van der Waals surface area contributed by atoms with Gasteiger partial charge in [-0.15, -0.1) is 5.10 Å². The molecule has 0 atom stereocenters. The molecule has 0 aliphatic rings. The minimum atomic E-state index is 0.0304. The summed E-state index contributed by atoms with van der Waals surface area (Å²) < 4.78 is 6.60. The molecule has 1 N–H and O–H groups in total. The molecule has 0 saturated carbocycles. The molecule has 3 rings (SSSR count). The molecule has 102 valence electrons. The number of aromatic hydroxyl groups is 1. The van der Waals surface area contributed by atoms with Gasteiger partial charge in [0.15, 0.2) is 5.82 Å². The van der Waals surface area contributed by atoms with Crippen molar-refractivity contribution in [1.82, 2.24) is 25.2 Å². The molecule has 0 bridgehead atoms. The van der Waals surface area contributed by atoms with Crippen LogP contribution in [-0.2, 0) is 7.05 Å². The van der Waals surface area contributed by atoms with Gasteiger partial charge in [0.05, 0.1) is 23.2 Å². The fourth-order valence-electron chi connectivity index (χ4n) is 1.96. The lowest BCUT2D eigenvalue weighted by Crippen LogP contribution is -1.96. The van der Waals surface area contributed by atoms with Gasteiger partial charge in [-0.05, 0) is 22.6 Å². The van der Waals surface area contributed by atoms with E-state index in [4.69, 9.17) is 16.3 Å². The molecule has 0 fully saturated rings. The number of pyridine rings is 1. The third-order valence-electron chi connectivity index (χ3n) is 2.97. The maximum Gasteiger partial charge on any atom is 0.187 e. The second-order valence-corrected chi connectivity index (χ2v) is 4.56. The number of methoxy groups -OCH3 is 1. The Bertz CT molecular complexity index is 802. The zero-order chi connectivity index (χ0) is 14.3. The quantitative estimate of drug-likeness (QED) is 0.775. The van der Waals surface area contributed by atoms with Crippen molar-refractivity contribution in [3.63, 3.8) is 0 Å². The SMILES string of the molecule is COc1cc2c(O)c(-c3nnnn3C)cnc2cc1Cl. The van der Waals surface area contributed by atoms with Crippen LogP contribution in [0.5, 0.6) is 11.5 Å². The highest BCUT2D eigenvalue weighted by atomic mass is 35.5. The molecule has 0 unspecified atom stereocenters. The zero-order valence-electron chi connectivity index (χ0n) is 10.7. The van der Waals surface area contributed by atoms with Gasteiger partial charge in [0.25, 0.3) is 0 Å². The van der Waals surface area contributed by atoms with Gasteiger partial charge in [0.2, 0.25) is 0 Å². The maximum atomic E-state index is 10.4. The summed E-state index contributed by atoms with van der Waals surface area (Å²) in [6, 6.07) is 3.27. The number of fused-ring (bicyclic) bond motifs is 1. The Labute approximate surface area is 118 Å². The Hall–Kier alpha value is -2.41. The van der Waals surface area contributed by atoms with E-state index in [2.05, 4.69) is 20.5 Å². The Kier molecular flexibility index (Phi) is 2.90. The normalized spacial score (nSPS) is 10.9. The molecule has 0 radical (unpaired) electrons. The molecule has 0 spiro atoms. The third kappa shape index (κ3) is 1.83. The van der Waals surface area contributed by atoms with Crippen LogP contribution in [0, 0.1) is 0 Å². The first-order chi connectivity index (χ1) is 9.61. The van der Waals surface area contributed by atoms with Crippen molar-refractivity contribution in [2.45, 2.75) is 0 Å². The number of nitrogens with zero attached hydrogens (tertiary/aromatic N) is 5. The van der Waals surface area contributed by atoms with E-state index in [0.717, 1.165) is 0 Å². The van der Waals surface area contributed by atoms with E-state index in [0.29, 0.717) is 33.1 Å². The summed E-state index contributed by atoms with van der Waals surface area (Å²) in [5.41, 5.74) is 1.00. The van der Waals surface area contributed by atoms with Crippen LogP contribution in [0.3, 0.4) is 0 Å². The Balaban J connectivity index is 2.30. The van der Waals surface area contributed by atoms with Crippen LogP contribution in [0.25, 0.3) is 22.3 Å². The van der Waals surface area contributed by atoms with Gasteiger partial charge in [-0.1, -0.05) is 11.6 Å². The minimum absolute atomic E-state index is 0.0304. The molecule has 2 aromatic heterocycles. The average molecular weight is 292 g/mol. The third-order valence-corrected chi connectivity index (χ3v) is 3.27. The number of halogens is 1. The predicted octanol–water partition coefficient (Wildman–Crippen LogP) is 1.79. The first-order valence-electron chi connectivity index (χ1n) is 5.69. The number of benzene rings is 1. The molecular formula is C12H10ClN5O2. The summed E-state index contributed by atoms with van der Waals surface area (Å²) in [5.74, 6) is 0.915. The number of ether oxygens (including phenoxy) is 1. The maximum absolute atomic E-state index is 10.4. The monoisotopic (exact) mass is 291 g/mol. The van der Waals surface area contributed by atoms with Crippen LogP contribution in [0.2, 0.25) is 5.02 Å². The molecule has 0 aliphatic carbocycles. The predicted molar refractivity (Wildman–Crippen MR) is 72.8 cm³/mol. The number of hydrogen-bond acceptors (Lipinski definition) is 6. The van der Waals surface area contributed by atoms with E-state index in [1.54, 1.807) is 19.2 Å². The van der Waals surface area contributed by atoms with Crippen molar-refractivity contribution < 1.29 is 9.84 Å². The lowest BCUT2D eigenvalue weighted by molar-refractivity contribution is 0.415. The fraction of sp³-hybridized carbons (Fsp3) is 0.167. The Morgan fingerprint density at radius 3 is 2.80 bits per heavy atom. The Morgan fingerprint density at radius 2 is 2.15 bits per heavy atom. The first kappa shape index (κ1) is 12.6. The van der Waals surface area contributed by atoms with Gasteiger partial charge in [-0.3, -0.25) is 4.98 Å². The van der Waals surface area contributed by atoms with Crippen molar-refractivity contribution in [3.05, 3.63) is 23.4 Å². The van der Waals surface area contributed by atoms with Crippen molar-refractivity contribution >= 4 is 22.5 Å². The van der Waals surface area contributed by atoms with E-state index in [1.807, 2.05) is 0 Å². The number of hydrogen-bond donors (Lipinski definition) is 1. The van der Waals surface area contributed by atoms with Crippen molar-refractivity contribution in [2.75, 3.05) is 7.11 Å². The van der Waals surface area contributed by atoms with Gasteiger partial charge in [-0.25, -0.2) is 4.68 Å². The lowest BCUT2D eigenvalue weighted by atomic mass is 10.1. The highest BCUT2D eigenvalue weighted by Crippen LogP contribution is 2.37. The van der Waals surface area contributed by atoms with Gasteiger partial charge in [0.1, 0.15) is 11.5 Å². The van der Waals surface area contributed by atoms with Crippen LogP contribution < -0.4 is 4.74 Å². The van der Waals surface area contributed by atoms with Crippen LogP contribution >= 0.6 is 11.6 Å². The molecule has 3 aromatic rings. The van der Waals surface area contributed by atoms with Gasteiger partial charge in [-0.2, -0.15) is 0 Å². The van der Waals surface area contributed by atoms with Gasteiger partial charge >= 0.3 is 0 Å². The van der Waals surface area contributed by atoms with E-state index in [-0.39, 0.29) is 5.75 Å². The molecule has 2 heterocycles. The summed E-state index contributed by atoms with van der Waals surface area (Å²) in [5, 5.41) is 22.5. The molecule has 0 saturated heterocycles. The van der Waals surface area contributed by atoms with Crippen LogP contribution in [0.4, 0.5) is 0 Å². The smallest absolute Gasteiger partial charge is 0.187 e. The van der Waals surface area contributed by atoms with Crippen molar-refractivity contribution in [3.8, 4) is 22.9 Å². The second-order valence-electron chi connectivity index (χ2n) is 4.15. The molecule has 8 heteroatoms. The van der Waals surface area contributed by atoms with E-state index in [9.17, 15) is 5.11 Å². The topological polar surface area (TPSA) is 86.0 Å². The van der Waals surface area contributed by atoms with Crippen molar-refractivity contribution in [1.29, 1.82) is 0 Å². The molecule has 1 aromatic carbocycles. The lowest BCUT2D eigenvalue weighted by Gasteiger charge is -2.09. The molecule has 7 nitrogen and oxygen atoms in total. The van der Waals surface area contributed by atoms with Gasteiger partial charge in [0, 0.05) is 18.6 Å².